The van der Waals surface area contributed by atoms with Gasteiger partial charge >= 0.3 is 6.03 Å². The number of carbonyl (C=O) groups excluding carboxylic acids is 3. The molecule has 1 aromatic carbocycles. The van der Waals surface area contributed by atoms with Crippen LogP contribution in [0.4, 0.5) is 10.5 Å². The normalized spacial score (nSPS) is 17.6. The molecule has 2 aliphatic rings. The number of thioether (sulfide) groups is 1. The molecule has 0 atom stereocenters. The van der Waals surface area contributed by atoms with Gasteiger partial charge < -0.3 is 15.6 Å². The predicted octanol–water partition coefficient (Wildman–Crippen LogP) is 1.06. The fourth-order valence-corrected chi connectivity index (χ4v) is 5.90. The highest BCUT2D eigenvalue weighted by molar-refractivity contribution is 7.99. The number of aromatic amines is 1. The summed E-state index contributed by atoms with van der Waals surface area (Å²) in [6.45, 7) is 0.963. The van der Waals surface area contributed by atoms with Gasteiger partial charge in [-0.2, -0.15) is 16.1 Å². The van der Waals surface area contributed by atoms with Crippen LogP contribution in [0, 0.1) is 0 Å². The second-order valence-corrected chi connectivity index (χ2v) is 10.2. The number of sulfonamides is 1. The second-order valence-electron chi connectivity index (χ2n) is 7.06. The first-order valence-corrected chi connectivity index (χ1v) is 12.2. The number of urea groups is 1. The highest BCUT2D eigenvalue weighted by Gasteiger charge is 2.29. The van der Waals surface area contributed by atoms with E-state index in [9.17, 15) is 22.8 Å². The molecular formula is C19H21N5O5S2. The predicted molar refractivity (Wildman–Crippen MR) is 115 cm³/mol. The van der Waals surface area contributed by atoms with Crippen LogP contribution >= 0.6 is 11.8 Å². The summed E-state index contributed by atoms with van der Waals surface area (Å²) in [4.78, 5) is 39.9. The summed E-state index contributed by atoms with van der Waals surface area (Å²) in [5.74, 6) is 0.686. The third-order valence-corrected chi connectivity index (χ3v) is 7.79. The molecule has 0 saturated carbocycles. The Bertz CT molecular complexity index is 1110. The smallest absolute Gasteiger partial charge is 0.324 e. The van der Waals surface area contributed by atoms with Crippen molar-refractivity contribution in [2.45, 2.75) is 11.4 Å². The molecule has 164 valence electrons. The average molecular weight is 464 g/mol. The maximum Gasteiger partial charge on any atom is 0.324 e. The molecule has 4 amide bonds. The Balaban J connectivity index is 1.44. The SMILES string of the molecule is O=C(Nc1cccc(CN2C(=O)CNC2=O)c1)c1cc(S(=O)(=O)N2CCSCC2)c[nH]1. The Morgan fingerprint density at radius 1 is 1.16 bits per heavy atom. The minimum atomic E-state index is -3.64. The highest BCUT2D eigenvalue weighted by Crippen LogP contribution is 2.21. The van der Waals surface area contributed by atoms with E-state index in [-0.39, 0.29) is 29.6 Å². The third kappa shape index (κ3) is 4.60. The lowest BCUT2D eigenvalue weighted by Crippen LogP contribution is -2.37. The molecule has 2 aliphatic heterocycles. The van der Waals surface area contributed by atoms with Crippen molar-refractivity contribution in [1.29, 1.82) is 0 Å². The summed E-state index contributed by atoms with van der Waals surface area (Å²) >= 11 is 1.71. The number of imide groups is 1. The van der Waals surface area contributed by atoms with Crippen LogP contribution in [0.2, 0.25) is 0 Å². The van der Waals surface area contributed by atoms with Crippen molar-refractivity contribution in [2.24, 2.45) is 0 Å². The summed E-state index contributed by atoms with van der Waals surface area (Å²) in [5, 5.41) is 5.16. The number of nitrogens with one attached hydrogen (secondary N) is 3. The average Bonchev–Trinajstić information content (AvgIpc) is 3.38. The summed E-state index contributed by atoms with van der Waals surface area (Å²) in [6.07, 6.45) is 1.32. The van der Waals surface area contributed by atoms with E-state index in [1.165, 1.54) is 16.6 Å². The number of hydrogen-bond donors (Lipinski definition) is 3. The zero-order valence-electron chi connectivity index (χ0n) is 16.5. The zero-order chi connectivity index (χ0) is 22.0. The van der Waals surface area contributed by atoms with Crippen molar-refractivity contribution in [1.82, 2.24) is 19.5 Å². The third-order valence-electron chi connectivity index (χ3n) is 4.97. The van der Waals surface area contributed by atoms with Gasteiger partial charge in [0.05, 0.1) is 13.1 Å². The summed E-state index contributed by atoms with van der Waals surface area (Å²) < 4.78 is 26.9. The topological polar surface area (TPSA) is 132 Å². The minimum absolute atomic E-state index is 0.0242. The van der Waals surface area contributed by atoms with Crippen molar-refractivity contribution in [2.75, 3.05) is 36.5 Å². The molecule has 10 nitrogen and oxygen atoms in total. The van der Waals surface area contributed by atoms with Gasteiger partial charge in [-0.25, -0.2) is 13.2 Å². The van der Waals surface area contributed by atoms with Gasteiger partial charge in [0.25, 0.3) is 5.91 Å². The molecule has 1 aromatic heterocycles. The number of nitrogens with zero attached hydrogens (tertiary/aromatic N) is 2. The summed E-state index contributed by atoms with van der Waals surface area (Å²) in [7, 11) is -3.64. The van der Waals surface area contributed by atoms with Gasteiger partial charge in [-0.3, -0.25) is 14.5 Å². The van der Waals surface area contributed by atoms with Crippen molar-refractivity contribution < 1.29 is 22.8 Å². The lowest BCUT2D eigenvalue weighted by molar-refractivity contribution is -0.125. The fourth-order valence-electron chi connectivity index (χ4n) is 3.33. The lowest BCUT2D eigenvalue weighted by atomic mass is 10.2. The monoisotopic (exact) mass is 463 g/mol. The first-order chi connectivity index (χ1) is 14.8. The minimum Gasteiger partial charge on any atom is -0.356 e. The number of hydrogen-bond acceptors (Lipinski definition) is 6. The van der Waals surface area contributed by atoms with Crippen molar-refractivity contribution in [3.05, 3.63) is 47.8 Å². The van der Waals surface area contributed by atoms with Crippen LogP contribution in [0.25, 0.3) is 0 Å². The number of carbonyl (C=O) groups is 3. The quantitative estimate of drug-likeness (QED) is 0.549. The maximum absolute atomic E-state index is 12.7. The number of benzene rings is 1. The first-order valence-electron chi connectivity index (χ1n) is 9.59. The molecular weight excluding hydrogens is 442 g/mol. The summed E-state index contributed by atoms with van der Waals surface area (Å²) in [6, 6.07) is 7.63. The number of anilines is 1. The van der Waals surface area contributed by atoms with Crippen LogP contribution in [0.5, 0.6) is 0 Å². The summed E-state index contributed by atoms with van der Waals surface area (Å²) in [5.41, 5.74) is 1.24. The van der Waals surface area contributed by atoms with E-state index in [1.54, 1.807) is 36.0 Å². The molecule has 31 heavy (non-hydrogen) atoms. The van der Waals surface area contributed by atoms with Gasteiger partial charge in [-0.15, -0.1) is 0 Å². The van der Waals surface area contributed by atoms with Gasteiger partial charge in [0, 0.05) is 36.5 Å². The van der Waals surface area contributed by atoms with Crippen molar-refractivity contribution in [3.63, 3.8) is 0 Å². The number of amides is 4. The van der Waals surface area contributed by atoms with E-state index in [4.69, 9.17) is 0 Å². The molecule has 0 unspecified atom stereocenters. The Labute approximate surface area is 183 Å². The molecule has 2 fully saturated rings. The Kier molecular flexibility index (Phi) is 6.03. The van der Waals surface area contributed by atoms with Crippen LogP contribution in [0.3, 0.4) is 0 Å². The number of rotatable bonds is 6. The molecule has 2 aromatic rings. The second kappa shape index (κ2) is 8.73. The molecule has 2 saturated heterocycles. The van der Waals surface area contributed by atoms with Gasteiger partial charge in [-0.1, -0.05) is 12.1 Å². The molecule has 0 radical (unpaired) electrons. The lowest BCUT2D eigenvalue weighted by Gasteiger charge is -2.24. The molecule has 4 rings (SSSR count). The van der Waals surface area contributed by atoms with Crippen LogP contribution in [-0.2, 0) is 21.4 Å². The zero-order valence-corrected chi connectivity index (χ0v) is 18.1. The van der Waals surface area contributed by atoms with Gasteiger partial charge in [-0.05, 0) is 23.8 Å². The van der Waals surface area contributed by atoms with Crippen molar-refractivity contribution >= 4 is 45.3 Å². The van der Waals surface area contributed by atoms with E-state index >= 15 is 0 Å². The Hall–Kier alpha value is -2.83. The van der Waals surface area contributed by atoms with E-state index < -0.39 is 22.0 Å². The van der Waals surface area contributed by atoms with Gasteiger partial charge in [0.1, 0.15) is 10.6 Å². The van der Waals surface area contributed by atoms with Crippen LogP contribution in [0.1, 0.15) is 16.1 Å². The number of aromatic nitrogens is 1. The largest absolute Gasteiger partial charge is 0.356 e. The molecule has 0 spiro atoms. The van der Waals surface area contributed by atoms with Crippen LogP contribution < -0.4 is 10.6 Å². The van der Waals surface area contributed by atoms with E-state index in [1.807, 2.05) is 0 Å². The van der Waals surface area contributed by atoms with E-state index in [0.29, 0.717) is 24.3 Å². The molecule has 12 heteroatoms. The van der Waals surface area contributed by atoms with E-state index in [0.717, 1.165) is 16.4 Å². The van der Waals surface area contributed by atoms with Crippen molar-refractivity contribution in [3.8, 4) is 0 Å². The first kappa shape index (κ1) is 21.4. The fraction of sp³-hybridized carbons (Fsp3) is 0.316. The standard InChI is InChI=1S/C19H21N5O5S2/c25-17-11-21-19(27)24(17)12-13-2-1-3-14(8-13)22-18(26)16-9-15(10-20-16)31(28,29)23-4-6-30-7-5-23/h1-3,8-10,20H,4-7,11-12H2,(H,21,27)(H,22,26). The maximum atomic E-state index is 12.7. The molecule has 3 heterocycles. The van der Waals surface area contributed by atoms with Gasteiger partial charge in [0.2, 0.25) is 15.9 Å². The van der Waals surface area contributed by atoms with Gasteiger partial charge in [0.15, 0.2) is 0 Å². The Morgan fingerprint density at radius 3 is 2.65 bits per heavy atom. The van der Waals surface area contributed by atoms with Crippen LogP contribution in [0.15, 0.2) is 41.4 Å². The molecule has 3 N–H and O–H groups in total. The Morgan fingerprint density at radius 2 is 1.94 bits per heavy atom. The molecule has 0 aliphatic carbocycles. The van der Waals surface area contributed by atoms with E-state index in [2.05, 4.69) is 15.6 Å². The highest BCUT2D eigenvalue weighted by atomic mass is 32.2. The van der Waals surface area contributed by atoms with Crippen LogP contribution in [-0.4, -0.2) is 71.6 Å². The molecule has 0 bridgehead atoms. The number of H-pyrrole nitrogens is 1.